The van der Waals surface area contributed by atoms with Gasteiger partial charge in [0.05, 0.1) is 5.69 Å². The zero-order valence-corrected chi connectivity index (χ0v) is 17.0. The molecule has 0 saturated heterocycles. The fourth-order valence-electron chi connectivity index (χ4n) is 4.59. The summed E-state index contributed by atoms with van der Waals surface area (Å²) in [6.07, 6.45) is 6.46. The van der Waals surface area contributed by atoms with Crippen LogP contribution in [0.2, 0.25) is 0 Å². The molecule has 3 heteroatoms. The van der Waals surface area contributed by atoms with Gasteiger partial charge in [0.2, 0.25) is 0 Å². The molecule has 3 nitrogen and oxygen atoms in total. The quantitative estimate of drug-likeness (QED) is 0.626. The Balaban J connectivity index is 1.84. The summed E-state index contributed by atoms with van der Waals surface area (Å²) >= 11 is 0. The number of rotatable bonds is 5. The number of aromatic nitrogens is 1. The third-order valence-corrected chi connectivity index (χ3v) is 6.18. The summed E-state index contributed by atoms with van der Waals surface area (Å²) in [6.45, 7) is 5.95. The van der Waals surface area contributed by atoms with Gasteiger partial charge in [0.15, 0.2) is 5.43 Å². The normalized spacial score (nSPS) is 15.4. The van der Waals surface area contributed by atoms with Gasteiger partial charge in [-0.2, -0.15) is 0 Å². The van der Waals surface area contributed by atoms with Gasteiger partial charge in [0.25, 0.3) is 0 Å². The van der Waals surface area contributed by atoms with E-state index in [0.29, 0.717) is 12.6 Å². The molecule has 146 valence electrons. The van der Waals surface area contributed by atoms with Crippen molar-refractivity contribution < 1.29 is 0 Å². The van der Waals surface area contributed by atoms with Gasteiger partial charge in [-0.25, -0.2) is 0 Å². The van der Waals surface area contributed by atoms with Crippen LogP contribution in [-0.2, 0) is 6.54 Å². The Bertz CT molecular complexity index is 1000. The SMILES string of the molecule is CCN(Cc1c(-c2ccccc2)[nH]c2ccc(C)cc2c1=O)C1CCCCC1. The van der Waals surface area contributed by atoms with Crippen LogP contribution in [0.1, 0.15) is 50.2 Å². The third-order valence-electron chi connectivity index (χ3n) is 6.18. The number of nitrogens with zero attached hydrogens (tertiary/aromatic N) is 1. The Morgan fingerprint density at radius 3 is 2.50 bits per heavy atom. The molecule has 1 fully saturated rings. The van der Waals surface area contributed by atoms with Crippen LogP contribution in [-0.4, -0.2) is 22.5 Å². The molecule has 0 aliphatic heterocycles. The zero-order chi connectivity index (χ0) is 19.5. The monoisotopic (exact) mass is 374 g/mol. The summed E-state index contributed by atoms with van der Waals surface area (Å²) in [7, 11) is 0. The van der Waals surface area contributed by atoms with Gasteiger partial charge < -0.3 is 4.98 Å². The molecule has 0 spiro atoms. The minimum Gasteiger partial charge on any atom is -0.354 e. The number of benzene rings is 2. The van der Waals surface area contributed by atoms with Crippen LogP contribution in [0.4, 0.5) is 0 Å². The molecule has 0 atom stereocenters. The van der Waals surface area contributed by atoms with E-state index in [9.17, 15) is 4.79 Å². The molecule has 0 amide bonds. The van der Waals surface area contributed by atoms with E-state index in [1.165, 1.54) is 32.1 Å². The molecule has 1 aliphatic rings. The van der Waals surface area contributed by atoms with E-state index in [-0.39, 0.29) is 5.43 Å². The fraction of sp³-hybridized carbons (Fsp3) is 0.400. The summed E-state index contributed by atoms with van der Waals surface area (Å²) in [6, 6.07) is 17.0. The van der Waals surface area contributed by atoms with Gasteiger partial charge >= 0.3 is 0 Å². The van der Waals surface area contributed by atoms with Gasteiger partial charge in [0.1, 0.15) is 0 Å². The maximum Gasteiger partial charge on any atom is 0.194 e. The van der Waals surface area contributed by atoms with Crippen molar-refractivity contribution in [3.8, 4) is 11.3 Å². The van der Waals surface area contributed by atoms with Gasteiger partial charge in [-0.05, 0) is 44.0 Å². The number of H-pyrrole nitrogens is 1. The summed E-state index contributed by atoms with van der Waals surface area (Å²) in [4.78, 5) is 19.7. The van der Waals surface area contributed by atoms with E-state index in [0.717, 1.165) is 39.8 Å². The average molecular weight is 375 g/mol. The standard InChI is InChI=1S/C25H30N2O/c1-3-27(20-12-8-5-9-13-20)17-22-24(19-10-6-4-7-11-19)26-23-15-14-18(2)16-21(23)25(22)28/h4,6-7,10-11,14-16,20H,3,5,8-9,12-13,17H2,1-2H3,(H,26,28). The van der Waals surface area contributed by atoms with Crippen LogP contribution >= 0.6 is 0 Å². The predicted octanol–water partition coefficient (Wildman–Crippen LogP) is 5.66. The van der Waals surface area contributed by atoms with Crippen molar-refractivity contribution in [2.45, 2.75) is 58.5 Å². The van der Waals surface area contributed by atoms with Crippen molar-refractivity contribution in [1.82, 2.24) is 9.88 Å². The molecule has 4 rings (SSSR count). The molecule has 0 unspecified atom stereocenters. The highest BCUT2D eigenvalue weighted by Crippen LogP contribution is 2.27. The molecule has 28 heavy (non-hydrogen) atoms. The van der Waals surface area contributed by atoms with Crippen LogP contribution in [0, 0.1) is 6.92 Å². The lowest BCUT2D eigenvalue weighted by molar-refractivity contribution is 0.156. The Morgan fingerprint density at radius 1 is 1.04 bits per heavy atom. The van der Waals surface area contributed by atoms with Crippen LogP contribution < -0.4 is 5.43 Å². The topological polar surface area (TPSA) is 36.1 Å². The Hall–Kier alpha value is -2.39. The van der Waals surface area contributed by atoms with Crippen molar-refractivity contribution >= 4 is 10.9 Å². The van der Waals surface area contributed by atoms with Crippen molar-refractivity contribution in [3.63, 3.8) is 0 Å². The second-order valence-corrected chi connectivity index (χ2v) is 8.08. The maximum absolute atomic E-state index is 13.6. The highest BCUT2D eigenvalue weighted by Gasteiger charge is 2.23. The van der Waals surface area contributed by atoms with Crippen LogP contribution in [0.3, 0.4) is 0 Å². The predicted molar refractivity (Wildman–Crippen MR) is 118 cm³/mol. The summed E-state index contributed by atoms with van der Waals surface area (Å²) in [5, 5.41) is 0.800. The van der Waals surface area contributed by atoms with Crippen LogP contribution in [0.25, 0.3) is 22.2 Å². The summed E-state index contributed by atoms with van der Waals surface area (Å²) in [5.74, 6) is 0. The minimum atomic E-state index is 0.172. The van der Waals surface area contributed by atoms with E-state index in [1.54, 1.807) is 0 Å². The van der Waals surface area contributed by atoms with Gasteiger partial charge in [-0.1, -0.05) is 68.1 Å². The number of fused-ring (bicyclic) bond motifs is 1. The van der Waals surface area contributed by atoms with E-state index >= 15 is 0 Å². The Kier molecular flexibility index (Phi) is 5.63. The minimum absolute atomic E-state index is 0.172. The Labute approximate surface area is 167 Å². The smallest absolute Gasteiger partial charge is 0.194 e. The number of hydrogen-bond acceptors (Lipinski definition) is 2. The number of aromatic amines is 1. The lowest BCUT2D eigenvalue weighted by Gasteiger charge is -2.33. The highest BCUT2D eigenvalue weighted by molar-refractivity contribution is 5.83. The van der Waals surface area contributed by atoms with E-state index in [2.05, 4.69) is 35.0 Å². The van der Waals surface area contributed by atoms with Crippen molar-refractivity contribution in [2.24, 2.45) is 0 Å². The molecule has 0 bridgehead atoms. The van der Waals surface area contributed by atoms with Crippen molar-refractivity contribution in [2.75, 3.05) is 6.54 Å². The summed E-state index contributed by atoms with van der Waals surface area (Å²) < 4.78 is 0. The van der Waals surface area contributed by atoms with Crippen LogP contribution in [0.5, 0.6) is 0 Å². The molecular formula is C25H30N2O. The number of hydrogen-bond donors (Lipinski definition) is 1. The van der Waals surface area contributed by atoms with E-state index in [4.69, 9.17) is 0 Å². The molecule has 0 radical (unpaired) electrons. The van der Waals surface area contributed by atoms with Crippen molar-refractivity contribution in [1.29, 1.82) is 0 Å². The highest BCUT2D eigenvalue weighted by atomic mass is 16.1. The second-order valence-electron chi connectivity index (χ2n) is 8.08. The van der Waals surface area contributed by atoms with Crippen molar-refractivity contribution in [3.05, 3.63) is 69.9 Å². The molecule has 2 aromatic carbocycles. The molecule has 3 aromatic rings. The third kappa shape index (κ3) is 3.77. The lowest BCUT2D eigenvalue weighted by Crippen LogP contribution is -2.37. The number of pyridine rings is 1. The first-order chi connectivity index (χ1) is 13.7. The molecule has 1 heterocycles. The largest absolute Gasteiger partial charge is 0.354 e. The zero-order valence-electron chi connectivity index (χ0n) is 17.0. The van der Waals surface area contributed by atoms with Gasteiger partial charge in [-0.3, -0.25) is 9.69 Å². The Morgan fingerprint density at radius 2 is 1.79 bits per heavy atom. The lowest BCUT2D eigenvalue weighted by atomic mass is 9.93. The number of nitrogens with one attached hydrogen (secondary N) is 1. The first-order valence-electron chi connectivity index (χ1n) is 10.6. The molecule has 1 saturated carbocycles. The molecule has 1 aliphatic carbocycles. The first kappa shape index (κ1) is 18.9. The second kappa shape index (κ2) is 8.32. The van der Waals surface area contributed by atoms with Gasteiger partial charge in [0, 0.05) is 29.1 Å². The fourth-order valence-corrected chi connectivity index (χ4v) is 4.59. The molecule has 1 N–H and O–H groups in total. The summed E-state index contributed by atoms with van der Waals surface area (Å²) in [5.41, 5.74) is 5.16. The van der Waals surface area contributed by atoms with E-state index in [1.807, 2.05) is 37.3 Å². The number of aryl methyl sites for hydroxylation is 1. The maximum atomic E-state index is 13.6. The van der Waals surface area contributed by atoms with Crippen LogP contribution in [0.15, 0.2) is 53.3 Å². The van der Waals surface area contributed by atoms with E-state index < -0.39 is 0 Å². The van der Waals surface area contributed by atoms with Gasteiger partial charge in [-0.15, -0.1) is 0 Å². The molecular weight excluding hydrogens is 344 g/mol. The average Bonchev–Trinajstić information content (AvgIpc) is 2.74. The molecule has 1 aromatic heterocycles. The first-order valence-corrected chi connectivity index (χ1v) is 10.6.